The summed E-state index contributed by atoms with van der Waals surface area (Å²) in [6.45, 7) is 0. The van der Waals surface area contributed by atoms with Gasteiger partial charge in [-0.25, -0.2) is 0 Å². The number of halogens is 1. The zero-order valence-corrected chi connectivity index (χ0v) is 11.2. The molecule has 0 aliphatic carbocycles. The largest absolute Gasteiger partial charge is 0.289 e. The van der Waals surface area contributed by atoms with E-state index in [2.05, 4.69) is 10.2 Å². The molecule has 0 radical (unpaired) electrons. The number of ketones is 1. The summed E-state index contributed by atoms with van der Waals surface area (Å²) < 4.78 is 1.71. The van der Waals surface area contributed by atoms with Crippen molar-refractivity contribution < 1.29 is 4.79 Å². The molecule has 0 amide bonds. The van der Waals surface area contributed by atoms with Crippen LogP contribution in [0.15, 0.2) is 61.2 Å². The van der Waals surface area contributed by atoms with Crippen LogP contribution in [0.4, 0.5) is 0 Å². The number of para-hydroxylation sites is 1. The van der Waals surface area contributed by atoms with Crippen LogP contribution in [0.2, 0.25) is 5.02 Å². The molecule has 0 atom stereocenters. The summed E-state index contributed by atoms with van der Waals surface area (Å²) >= 11 is 5.94. The van der Waals surface area contributed by atoms with E-state index < -0.39 is 0 Å². The standard InChI is InChI=1S/C15H10ClN3O/c16-12-5-3-4-11(8-12)15(20)13-6-1-2-7-14(13)19-9-17-18-10-19/h1-10H. The van der Waals surface area contributed by atoms with Gasteiger partial charge in [0.1, 0.15) is 12.7 Å². The summed E-state index contributed by atoms with van der Waals surface area (Å²) in [6.07, 6.45) is 3.12. The fraction of sp³-hybridized carbons (Fsp3) is 0. The van der Waals surface area contributed by atoms with Crippen LogP contribution in [-0.2, 0) is 0 Å². The minimum atomic E-state index is -0.0863. The van der Waals surface area contributed by atoms with Crippen molar-refractivity contribution >= 4 is 17.4 Å². The Hall–Kier alpha value is -2.46. The molecule has 20 heavy (non-hydrogen) atoms. The predicted molar refractivity (Wildman–Crippen MR) is 76.2 cm³/mol. The van der Waals surface area contributed by atoms with Gasteiger partial charge in [-0.3, -0.25) is 9.36 Å². The average Bonchev–Trinajstić information content (AvgIpc) is 3.00. The zero-order chi connectivity index (χ0) is 13.9. The normalized spacial score (nSPS) is 10.4. The van der Waals surface area contributed by atoms with E-state index in [-0.39, 0.29) is 5.78 Å². The van der Waals surface area contributed by atoms with Crippen molar-refractivity contribution in [3.05, 3.63) is 77.3 Å². The van der Waals surface area contributed by atoms with E-state index in [1.807, 2.05) is 18.2 Å². The molecule has 0 N–H and O–H groups in total. The average molecular weight is 284 g/mol. The van der Waals surface area contributed by atoms with Gasteiger partial charge in [0.15, 0.2) is 5.78 Å². The lowest BCUT2D eigenvalue weighted by Crippen LogP contribution is -2.06. The van der Waals surface area contributed by atoms with E-state index in [9.17, 15) is 4.79 Å². The maximum Gasteiger partial charge on any atom is 0.195 e. The molecular formula is C15H10ClN3O. The first-order valence-corrected chi connectivity index (χ1v) is 6.38. The molecule has 0 bridgehead atoms. The minimum Gasteiger partial charge on any atom is -0.289 e. The Bertz CT molecular complexity index is 753. The van der Waals surface area contributed by atoms with Crippen LogP contribution in [0.5, 0.6) is 0 Å². The lowest BCUT2D eigenvalue weighted by atomic mass is 10.0. The summed E-state index contributed by atoms with van der Waals surface area (Å²) in [4.78, 5) is 12.6. The van der Waals surface area contributed by atoms with Crippen LogP contribution in [0.1, 0.15) is 15.9 Å². The lowest BCUT2D eigenvalue weighted by Gasteiger charge is -2.08. The van der Waals surface area contributed by atoms with Crippen LogP contribution in [-0.4, -0.2) is 20.5 Å². The second-order valence-electron chi connectivity index (χ2n) is 4.23. The van der Waals surface area contributed by atoms with Crippen molar-refractivity contribution in [1.82, 2.24) is 14.8 Å². The zero-order valence-electron chi connectivity index (χ0n) is 10.4. The minimum absolute atomic E-state index is 0.0863. The second kappa shape index (κ2) is 5.27. The first kappa shape index (κ1) is 12.6. The summed E-state index contributed by atoms with van der Waals surface area (Å²) in [5.74, 6) is -0.0863. The highest BCUT2D eigenvalue weighted by Crippen LogP contribution is 2.20. The van der Waals surface area contributed by atoms with Crippen LogP contribution >= 0.6 is 11.6 Å². The Kier molecular flexibility index (Phi) is 3.31. The molecule has 5 heteroatoms. The molecule has 3 rings (SSSR count). The molecule has 0 spiro atoms. The highest BCUT2D eigenvalue weighted by molar-refractivity contribution is 6.31. The van der Waals surface area contributed by atoms with Gasteiger partial charge >= 0.3 is 0 Å². The lowest BCUT2D eigenvalue weighted by molar-refractivity contribution is 0.103. The molecule has 0 aliphatic heterocycles. The molecule has 1 aromatic heterocycles. The van der Waals surface area contributed by atoms with Gasteiger partial charge in [-0.05, 0) is 24.3 Å². The number of hydrogen-bond acceptors (Lipinski definition) is 3. The molecule has 0 aliphatic rings. The quantitative estimate of drug-likeness (QED) is 0.694. The summed E-state index contributed by atoms with van der Waals surface area (Å²) in [6, 6.07) is 14.2. The van der Waals surface area contributed by atoms with Gasteiger partial charge < -0.3 is 0 Å². The Balaban J connectivity index is 2.09. The molecule has 0 saturated carbocycles. The van der Waals surface area contributed by atoms with Gasteiger partial charge in [0, 0.05) is 16.1 Å². The Labute approximate surface area is 120 Å². The highest BCUT2D eigenvalue weighted by atomic mass is 35.5. The molecule has 4 nitrogen and oxygen atoms in total. The topological polar surface area (TPSA) is 47.8 Å². The molecule has 0 fully saturated rings. The number of carbonyl (C=O) groups is 1. The van der Waals surface area contributed by atoms with Gasteiger partial charge in [-0.15, -0.1) is 10.2 Å². The molecule has 2 aromatic carbocycles. The van der Waals surface area contributed by atoms with E-state index in [1.165, 1.54) is 0 Å². The molecular weight excluding hydrogens is 274 g/mol. The molecule has 3 aromatic rings. The second-order valence-corrected chi connectivity index (χ2v) is 4.66. The van der Waals surface area contributed by atoms with E-state index >= 15 is 0 Å². The van der Waals surface area contributed by atoms with Crippen LogP contribution < -0.4 is 0 Å². The summed E-state index contributed by atoms with van der Waals surface area (Å²) in [7, 11) is 0. The maximum atomic E-state index is 12.6. The number of nitrogens with zero attached hydrogens (tertiary/aromatic N) is 3. The van der Waals surface area contributed by atoms with E-state index in [1.54, 1.807) is 47.6 Å². The SMILES string of the molecule is O=C(c1cccc(Cl)c1)c1ccccc1-n1cnnc1. The van der Waals surface area contributed by atoms with Gasteiger partial charge in [0.25, 0.3) is 0 Å². The summed E-state index contributed by atoms with van der Waals surface area (Å²) in [5.41, 5.74) is 1.87. The smallest absolute Gasteiger partial charge is 0.195 e. The van der Waals surface area contributed by atoms with Crippen molar-refractivity contribution in [2.45, 2.75) is 0 Å². The first-order chi connectivity index (χ1) is 9.75. The van der Waals surface area contributed by atoms with Gasteiger partial charge in [-0.2, -0.15) is 0 Å². The number of aromatic nitrogens is 3. The number of rotatable bonds is 3. The number of carbonyl (C=O) groups excluding carboxylic acids is 1. The Morgan fingerprint density at radius 3 is 2.50 bits per heavy atom. The third kappa shape index (κ3) is 2.33. The third-order valence-corrected chi connectivity index (χ3v) is 3.17. The molecule has 1 heterocycles. The Morgan fingerprint density at radius 1 is 1.00 bits per heavy atom. The van der Waals surface area contributed by atoms with E-state index in [0.717, 1.165) is 5.69 Å². The van der Waals surface area contributed by atoms with Gasteiger partial charge in [-0.1, -0.05) is 35.9 Å². The predicted octanol–water partition coefficient (Wildman–Crippen LogP) is 3.15. The molecule has 0 unspecified atom stereocenters. The van der Waals surface area contributed by atoms with Crippen molar-refractivity contribution in [2.75, 3.05) is 0 Å². The number of hydrogen-bond donors (Lipinski definition) is 0. The van der Waals surface area contributed by atoms with E-state index in [0.29, 0.717) is 16.1 Å². The fourth-order valence-corrected chi connectivity index (χ4v) is 2.19. The van der Waals surface area contributed by atoms with Gasteiger partial charge in [0.2, 0.25) is 0 Å². The highest BCUT2D eigenvalue weighted by Gasteiger charge is 2.14. The van der Waals surface area contributed by atoms with Crippen molar-refractivity contribution in [3.63, 3.8) is 0 Å². The van der Waals surface area contributed by atoms with Crippen LogP contribution in [0.3, 0.4) is 0 Å². The van der Waals surface area contributed by atoms with Crippen molar-refractivity contribution in [3.8, 4) is 5.69 Å². The first-order valence-electron chi connectivity index (χ1n) is 6.00. The van der Waals surface area contributed by atoms with Gasteiger partial charge in [0.05, 0.1) is 5.69 Å². The fourth-order valence-electron chi connectivity index (χ4n) is 2.00. The summed E-state index contributed by atoms with van der Waals surface area (Å²) in [5, 5.41) is 8.07. The monoisotopic (exact) mass is 283 g/mol. The van der Waals surface area contributed by atoms with Crippen molar-refractivity contribution in [1.29, 1.82) is 0 Å². The third-order valence-electron chi connectivity index (χ3n) is 2.93. The van der Waals surface area contributed by atoms with E-state index in [4.69, 9.17) is 11.6 Å². The van der Waals surface area contributed by atoms with Crippen LogP contribution in [0, 0.1) is 0 Å². The van der Waals surface area contributed by atoms with Crippen molar-refractivity contribution in [2.24, 2.45) is 0 Å². The molecule has 0 saturated heterocycles. The number of benzene rings is 2. The Morgan fingerprint density at radius 2 is 1.75 bits per heavy atom. The molecule has 98 valence electrons. The van der Waals surface area contributed by atoms with Crippen LogP contribution in [0.25, 0.3) is 5.69 Å². The maximum absolute atomic E-state index is 12.6.